The Morgan fingerprint density at radius 2 is 1.83 bits per heavy atom. The van der Waals surface area contributed by atoms with E-state index >= 15 is 0 Å². The molecule has 2 rings (SSSR count). The van der Waals surface area contributed by atoms with Gasteiger partial charge >= 0.3 is 0 Å². The average molecular weight is 245 g/mol. The second-order valence-electron chi connectivity index (χ2n) is 6.77. The molecule has 0 saturated heterocycles. The number of nitrogens with one attached hydrogen (secondary N) is 1. The largest absolute Gasteiger partial charge is 0.312 e. The molecular formula is C17H27N. The zero-order valence-electron chi connectivity index (χ0n) is 12.1. The Morgan fingerprint density at radius 1 is 1.17 bits per heavy atom. The fraction of sp³-hybridized carbons (Fsp3) is 0.647. The summed E-state index contributed by atoms with van der Waals surface area (Å²) in [6.07, 6.45) is 5.53. The smallest absolute Gasteiger partial charge is 0.00966 e. The van der Waals surface area contributed by atoms with Gasteiger partial charge in [-0.2, -0.15) is 0 Å². The molecule has 1 N–H and O–H groups in total. The fourth-order valence-electron chi connectivity index (χ4n) is 2.67. The third-order valence-electron chi connectivity index (χ3n) is 4.05. The van der Waals surface area contributed by atoms with Gasteiger partial charge in [-0.3, -0.25) is 0 Å². The zero-order valence-corrected chi connectivity index (χ0v) is 12.1. The van der Waals surface area contributed by atoms with E-state index in [1.807, 2.05) is 0 Å². The molecule has 1 aliphatic carbocycles. The van der Waals surface area contributed by atoms with Crippen molar-refractivity contribution in [2.24, 2.45) is 11.8 Å². The van der Waals surface area contributed by atoms with Gasteiger partial charge in [-0.1, -0.05) is 49.6 Å². The van der Waals surface area contributed by atoms with Crippen LogP contribution in [0.2, 0.25) is 0 Å². The number of hydrogen-bond donors (Lipinski definition) is 1. The lowest BCUT2D eigenvalue weighted by Gasteiger charge is -2.36. The Hall–Kier alpha value is -0.820. The fourth-order valence-corrected chi connectivity index (χ4v) is 2.67. The summed E-state index contributed by atoms with van der Waals surface area (Å²) in [6, 6.07) is 11.0. The Morgan fingerprint density at radius 3 is 2.33 bits per heavy atom. The van der Waals surface area contributed by atoms with Crippen LogP contribution in [0.5, 0.6) is 0 Å². The van der Waals surface area contributed by atoms with Crippen LogP contribution in [-0.4, -0.2) is 12.1 Å². The molecule has 18 heavy (non-hydrogen) atoms. The van der Waals surface area contributed by atoms with Crippen LogP contribution in [0, 0.1) is 11.8 Å². The zero-order chi connectivity index (χ0) is 13.0. The lowest BCUT2D eigenvalue weighted by molar-refractivity contribution is 0.189. The van der Waals surface area contributed by atoms with Gasteiger partial charge in [-0.15, -0.1) is 0 Å². The Labute approximate surface area is 112 Å². The van der Waals surface area contributed by atoms with Crippen molar-refractivity contribution in [3.63, 3.8) is 0 Å². The number of benzene rings is 1. The third kappa shape index (κ3) is 4.13. The van der Waals surface area contributed by atoms with Gasteiger partial charge in [-0.05, 0) is 51.1 Å². The van der Waals surface area contributed by atoms with E-state index in [0.29, 0.717) is 0 Å². The number of rotatable bonds is 5. The van der Waals surface area contributed by atoms with Gasteiger partial charge in [0.15, 0.2) is 0 Å². The Balaban J connectivity index is 1.93. The van der Waals surface area contributed by atoms with Crippen molar-refractivity contribution in [1.82, 2.24) is 5.32 Å². The Kier molecular flexibility index (Phi) is 4.45. The first-order valence-electron chi connectivity index (χ1n) is 7.33. The van der Waals surface area contributed by atoms with Crippen LogP contribution in [0.15, 0.2) is 30.3 Å². The highest BCUT2D eigenvalue weighted by atomic mass is 14.9. The highest BCUT2D eigenvalue weighted by Crippen LogP contribution is 2.35. The molecule has 1 unspecified atom stereocenters. The maximum Gasteiger partial charge on any atom is 0.00966 e. The Bertz CT molecular complexity index is 346. The van der Waals surface area contributed by atoms with E-state index in [9.17, 15) is 0 Å². The SMILES string of the molecule is CC(C)(C)NCC(Cc1ccccc1)C1CCC1. The van der Waals surface area contributed by atoms with Crippen LogP contribution in [0.4, 0.5) is 0 Å². The van der Waals surface area contributed by atoms with Crippen LogP contribution in [0.1, 0.15) is 45.6 Å². The van der Waals surface area contributed by atoms with E-state index in [0.717, 1.165) is 18.4 Å². The van der Waals surface area contributed by atoms with Crippen LogP contribution >= 0.6 is 0 Å². The second-order valence-corrected chi connectivity index (χ2v) is 6.77. The van der Waals surface area contributed by atoms with Crippen LogP contribution in [-0.2, 0) is 6.42 Å². The first kappa shape index (κ1) is 13.6. The van der Waals surface area contributed by atoms with Gasteiger partial charge in [-0.25, -0.2) is 0 Å². The summed E-state index contributed by atoms with van der Waals surface area (Å²) in [6.45, 7) is 7.93. The molecule has 0 bridgehead atoms. The molecule has 100 valence electrons. The first-order valence-corrected chi connectivity index (χ1v) is 7.33. The molecule has 1 nitrogen and oxygen atoms in total. The summed E-state index contributed by atoms with van der Waals surface area (Å²) in [5, 5.41) is 3.69. The van der Waals surface area contributed by atoms with E-state index in [2.05, 4.69) is 56.4 Å². The summed E-state index contributed by atoms with van der Waals surface area (Å²) in [4.78, 5) is 0. The van der Waals surface area contributed by atoms with Gasteiger partial charge in [0.1, 0.15) is 0 Å². The molecule has 1 aromatic rings. The van der Waals surface area contributed by atoms with Crippen molar-refractivity contribution in [1.29, 1.82) is 0 Å². The lowest BCUT2D eigenvalue weighted by Crippen LogP contribution is -2.42. The van der Waals surface area contributed by atoms with Crippen molar-refractivity contribution in [3.8, 4) is 0 Å². The normalized spacial score (nSPS) is 18.4. The minimum Gasteiger partial charge on any atom is -0.312 e. The van der Waals surface area contributed by atoms with Crippen molar-refractivity contribution in [2.75, 3.05) is 6.54 Å². The molecule has 0 radical (unpaired) electrons. The standard InChI is InChI=1S/C17H27N/c1-17(2,3)18-13-16(15-10-7-11-15)12-14-8-5-4-6-9-14/h4-6,8-9,15-16,18H,7,10-13H2,1-3H3. The van der Waals surface area contributed by atoms with Gasteiger partial charge in [0, 0.05) is 5.54 Å². The molecule has 0 amide bonds. The van der Waals surface area contributed by atoms with E-state index < -0.39 is 0 Å². The van der Waals surface area contributed by atoms with Gasteiger partial charge < -0.3 is 5.32 Å². The summed E-state index contributed by atoms with van der Waals surface area (Å²) in [7, 11) is 0. The van der Waals surface area contributed by atoms with E-state index in [1.165, 1.54) is 31.2 Å². The quantitative estimate of drug-likeness (QED) is 0.825. The van der Waals surface area contributed by atoms with Crippen molar-refractivity contribution in [3.05, 3.63) is 35.9 Å². The monoisotopic (exact) mass is 245 g/mol. The summed E-state index contributed by atoms with van der Waals surface area (Å²) in [5.74, 6) is 1.75. The topological polar surface area (TPSA) is 12.0 Å². The predicted molar refractivity (Wildman–Crippen MR) is 78.7 cm³/mol. The molecule has 1 aliphatic rings. The van der Waals surface area contributed by atoms with Gasteiger partial charge in [0.05, 0.1) is 0 Å². The molecule has 1 saturated carbocycles. The molecule has 0 aliphatic heterocycles. The average Bonchev–Trinajstić information content (AvgIpc) is 2.24. The first-order chi connectivity index (χ1) is 8.54. The van der Waals surface area contributed by atoms with Crippen molar-refractivity contribution >= 4 is 0 Å². The molecule has 1 fully saturated rings. The maximum atomic E-state index is 3.69. The van der Waals surface area contributed by atoms with Crippen LogP contribution in [0.3, 0.4) is 0 Å². The van der Waals surface area contributed by atoms with Crippen LogP contribution in [0.25, 0.3) is 0 Å². The predicted octanol–water partition coefficient (Wildman–Crippen LogP) is 4.03. The van der Waals surface area contributed by atoms with Crippen LogP contribution < -0.4 is 5.32 Å². The van der Waals surface area contributed by atoms with Gasteiger partial charge in [0.2, 0.25) is 0 Å². The van der Waals surface area contributed by atoms with E-state index in [4.69, 9.17) is 0 Å². The summed E-state index contributed by atoms with van der Waals surface area (Å²) >= 11 is 0. The molecule has 1 atom stereocenters. The van der Waals surface area contributed by atoms with Gasteiger partial charge in [0.25, 0.3) is 0 Å². The summed E-state index contributed by atoms with van der Waals surface area (Å²) < 4.78 is 0. The molecular weight excluding hydrogens is 218 g/mol. The molecule has 0 heterocycles. The minimum atomic E-state index is 0.235. The van der Waals surface area contributed by atoms with E-state index in [1.54, 1.807) is 0 Å². The maximum absolute atomic E-state index is 3.69. The highest BCUT2D eigenvalue weighted by Gasteiger charge is 2.28. The van der Waals surface area contributed by atoms with E-state index in [-0.39, 0.29) is 5.54 Å². The minimum absolute atomic E-state index is 0.235. The molecule has 0 aromatic heterocycles. The highest BCUT2D eigenvalue weighted by molar-refractivity contribution is 5.15. The lowest BCUT2D eigenvalue weighted by atomic mass is 9.73. The van der Waals surface area contributed by atoms with Crippen molar-refractivity contribution in [2.45, 2.75) is 52.0 Å². The van der Waals surface area contributed by atoms with Crippen molar-refractivity contribution < 1.29 is 0 Å². The third-order valence-corrected chi connectivity index (χ3v) is 4.05. The molecule has 1 heteroatoms. The number of hydrogen-bond acceptors (Lipinski definition) is 1. The summed E-state index contributed by atoms with van der Waals surface area (Å²) in [5.41, 5.74) is 1.73. The second kappa shape index (κ2) is 5.88. The molecule has 0 spiro atoms. The molecule has 1 aromatic carbocycles.